The minimum atomic E-state index is -0.294. The Balaban J connectivity index is 2.24. The fraction of sp³-hybridized carbons (Fsp3) is 0.200. The highest BCUT2D eigenvalue weighted by Crippen LogP contribution is 2.09. The molecule has 0 aliphatic rings. The molecular formula is C15H14N2O3. The van der Waals surface area contributed by atoms with Crippen LogP contribution in [0.3, 0.4) is 0 Å². The van der Waals surface area contributed by atoms with E-state index in [4.69, 9.17) is 10.8 Å². The second kappa shape index (κ2) is 5.93. The molecule has 0 bridgehead atoms. The van der Waals surface area contributed by atoms with Crippen molar-refractivity contribution in [2.75, 3.05) is 6.54 Å². The van der Waals surface area contributed by atoms with Gasteiger partial charge in [0.1, 0.15) is 5.76 Å². The second-order valence-corrected chi connectivity index (χ2v) is 4.31. The van der Waals surface area contributed by atoms with E-state index in [2.05, 4.69) is 5.92 Å². The summed E-state index contributed by atoms with van der Waals surface area (Å²) in [5.41, 5.74) is 0.0735. The van der Waals surface area contributed by atoms with E-state index >= 15 is 0 Å². The van der Waals surface area contributed by atoms with E-state index in [1.807, 2.05) is 0 Å². The Morgan fingerprint density at radius 3 is 2.90 bits per heavy atom. The van der Waals surface area contributed by atoms with Crippen molar-refractivity contribution in [1.29, 1.82) is 0 Å². The smallest absolute Gasteiger partial charge is 0.255 e. The van der Waals surface area contributed by atoms with Crippen LogP contribution in [0.4, 0.5) is 0 Å². The van der Waals surface area contributed by atoms with Crippen LogP contribution >= 0.6 is 0 Å². The minimum absolute atomic E-state index is 0.148. The van der Waals surface area contributed by atoms with Crippen molar-refractivity contribution in [3.8, 4) is 12.3 Å². The van der Waals surface area contributed by atoms with E-state index < -0.39 is 0 Å². The van der Waals surface area contributed by atoms with Gasteiger partial charge in [-0.25, -0.2) is 0 Å². The molecule has 0 atom stereocenters. The zero-order valence-electron chi connectivity index (χ0n) is 11.1. The molecule has 0 aromatic carbocycles. The number of terminal acetylenes is 1. The molecule has 0 saturated heterocycles. The highest BCUT2D eigenvalue weighted by Gasteiger charge is 2.17. The van der Waals surface area contributed by atoms with E-state index in [0.717, 1.165) is 0 Å². The maximum Gasteiger partial charge on any atom is 0.255 e. The summed E-state index contributed by atoms with van der Waals surface area (Å²) in [5.74, 6) is 2.78. The van der Waals surface area contributed by atoms with E-state index in [-0.39, 0.29) is 24.6 Å². The number of pyridine rings is 1. The molecule has 0 unspecified atom stereocenters. The molecule has 0 radical (unpaired) electrons. The fourth-order valence-corrected chi connectivity index (χ4v) is 1.76. The second-order valence-electron chi connectivity index (χ2n) is 4.31. The molecule has 2 heterocycles. The fourth-order valence-electron chi connectivity index (χ4n) is 1.76. The number of nitrogens with zero attached hydrogens (tertiary/aromatic N) is 2. The molecule has 0 saturated carbocycles. The summed E-state index contributed by atoms with van der Waals surface area (Å²) in [6, 6.07) is 6.40. The standard InChI is InChI=1S/C15H14N2O3/c1-3-7-17(11-13-5-4-9-20-13)15(19)12-6-8-16(2)14(18)10-12/h1,4-6,8-10H,7,11H2,2H3. The monoisotopic (exact) mass is 270 g/mol. The molecule has 2 aromatic rings. The molecule has 0 fully saturated rings. The van der Waals surface area contributed by atoms with Crippen LogP contribution in [0.15, 0.2) is 45.9 Å². The predicted molar refractivity (Wildman–Crippen MR) is 74.0 cm³/mol. The molecule has 2 aromatic heterocycles. The highest BCUT2D eigenvalue weighted by atomic mass is 16.3. The van der Waals surface area contributed by atoms with E-state index in [0.29, 0.717) is 11.3 Å². The van der Waals surface area contributed by atoms with Gasteiger partial charge in [-0.05, 0) is 18.2 Å². The Morgan fingerprint density at radius 1 is 1.50 bits per heavy atom. The van der Waals surface area contributed by atoms with Gasteiger partial charge in [0.2, 0.25) is 0 Å². The summed E-state index contributed by atoms with van der Waals surface area (Å²) in [7, 11) is 1.62. The Kier molecular flexibility index (Phi) is 4.06. The number of aryl methyl sites for hydroxylation is 1. The van der Waals surface area contributed by atoms with Gasteiger partial charge in [0.25, 0.3) is 11.5 Å². The zero-order chi connectivity index (χ0) is 14.5. The largest absolute Gasteiger partial charge is 0.467 e. The van der Waals surface area contributed by atoms with Crippen LogP contribution in [0.25, 0.3) is 0 Å². The number of rotatable bonds is 4. The Bertz CT molecular complexity index is 693. The number of carbonyl (C=O) groups is 1. The van der Waals surface area contributed by atoms with Gasteiger partial charge in [-0.2, -0.15) is 0 Å². The van der Waals surface area contributed by atoms with E-state index in [1.54, 1.807) is 31.4 Å². The van der Waals surface area contributed by atoms with Gasteiger partial charge < -0.3 is 13.9 Å². The van der Waals surface area contributed by atoms with Crippen molar-refractivity contribution in [2.45, 2.75) is 6.54 Å². The van der Waals surface area contributed by atoms with Crippen molar-refractivity contribution in [2.24, 2.45) is 7.05 Å². The molecule has 1 amide bonds. The van der Waals surface area contributed by atoms with Crippen LogP contribution in [0.5, 0.6) is 0 Å². The summed E-state index contributed by atoms with van der Waals surface area (Å²) in [6.07, 6.45) is 8.37. The molecule has 0 spiro atoms. The van der Waals surface area contributed by atoms with Crippen molar-refractivity contribution >= 4 is 5.91 Å². The lowest BCUT2D eigenvalue weighted by atomic mass is 10.2. The summed E-state index contributed by atoms with van der Waals surface area (Å²) < 4.78 is 6.61. The Labute approximate surface area is 116 Å². The van der Waals surface area contributed by atoms with Crippen molar-refractivity contribution in [3.05, 3.63) is 58.4 Å². The van der Waals surface area contributed by atoms with Gasteiger partial charge in [0.15, 0.2) is 0 Å². The lowest BCUT2D eigenvalue weighted by Gasteiger charge is -2.19. The number of aromatic nitrogens is 1. The van der Waals surface area contributed by atoms with Crippen LogP contribution in [0.1, 0.15) is 16.1 Å². The predicted octanol–water partition coefficient (Wildman–Crippen LogP) is 1.25. The van der Waals surface area contributed by atoms with Crippen LogP contribution in [0, 0.1) is 12.3 Å². The topological polar surface area (TPSA) is 55.5 Å². The summed E-state index contributed by atoms with van der Waals surface area (Å²) >= 11 is 0. The van der Waals surface area contributed by atoms with Crippen molar-refractivity contribution < 1.29 is 9.21 Å². The van der Waals surface area contributed by atoms with Crippen LogP contribution in [-0.4, -0.2) is 21.9 Å². The first-order valence-corrected chi connectivity index (χ1v) is 6.03. The number of furan rings is 1. The first-order chi connectivity index (χ1) is 9.61. The average molecular weight is 270 g/mol. The number of carbonyl (C=O) groups excluding carboxylic acids is 1. The number of hydrogen-bond acceptors (Lipinski definition) is 3. The van der Waals surface area contributed by atoms with Crippen LogP contribution in [-0.2, 0) is 13.6 Å². The molecule has 20 heavy (non-hydrogen) atoms. The molecule has 2 rings (SSSR count). The lowest BCUT2D eigenvalue weighted by Crippen LogP contribution is -2.32. The van der Waals surface area contributed by atoms with Crippen molar-refractivity contribution in [3.63, 3.8) is 0 Å². The van der Waals surface area contributed by atoms with Gasteiger partial charge in [0, 0.05) is 24.9 Å². The van der Waals surface area contributed by atoms with Gasteiger partial charge >= 0.3 is 0 Å². The normalized spacial score (nSPS) is 10.0. The highest BCUT2D eigenvalue weighted by molar-refractivity contribution is 5.94. The van der Waals surface area contributed by atoms with Gasteiger partial charge in [-0.1, -0.05) is 5.92 Å². The maximum absolute atomic E-state index is 12.4. The maximum atomic E-state index is 12.4. The van der Waals surface area contributed by atoms with Crippen LogP contribution in [0.2, 0.25) is 0 Å². The molecular weight excluding hydrogens is 256 g/mol. The van der Waals surface area contributed by atoms with Gasteiger partial charge in [-0.3, -0.25) is 9.59 Å². The Hall–Kier alpha value is -2.74. The molecule has 0 N–H and O–H groups in total. The zero-order valence-corrected chi connectivity index (χ0v) is 11.1. The number of hydrogen-bond donors (Lipinski definition) is 0. The number of amides is 1. The molecule has 102 valence electrons. The SMILES string of the molecule is C#CCN(Cc1ccco1)C(=O)c1ccn(C)c(=O)c1. The first kappa shape index (κ1) is 13.7. The molecule has 5 nitrogen and oxygen atoms in total. The van der Waals surface area contributed by atoms with E-state index in [9.17, 15) is 9.59 Å². The molecule has 5 heteroatoms. The summed E-state index contributed by atoms with van der Waals surface area (Å²) in [5, 5.41) is 0. The molecule has 0 aliphatic carbocycles. The summed E-state index contributed by atoms with van der Waals surface area (Å²) in [6.45, 7) is 0.417. The quantitative estimate of drug-likeness (QED) is 0.786. The minimum Gasteiger partial charge on any atom is -0.467 e. The van der Waals surface area contributed by atoms with E-state index in [1.165, 1.54) is 21.8 Å². The third-order valence-corrected chi connectivity index (χ3v) is 2.85. The third kappa shape index (κ3) is 2.98. The Morgan fingerprint density at radius 2 is 2.30 bits per heavy atom. The third-order valence-electron chi connectivity index (χ3n) is 2.85. The average Bonchev–Trinajstić information content (AvgIpc) is 2.93. The summed E-state index contributed by atoms with van der Waals surface area (Å²) in [4.78, 5) is 25.4. The lowest BCUT2D eigenvalue weighted by molar-refractivity contribution is 0.0755. The van der Waals surface area contributed by atoms with Gasteiger partial charge in [0.05, 0.1) is 19.4 Å². The van der Waals surface area contributed by atoms with Gasteiger partial charge in [-0.15, -0.1) is 6.42 Å². The van der Waals surface area contributed by atoms with Crippen LogP contribution < -0.4 is 5.56 Å². The van der Waals surface area contributed by atoms with Crippen molar-refractivity contribution in [1.82, 2.24) is 9.47 Å². The molecule has 0 aliphatic heterocycles. The first-order valence-electron chi connectivity index (χ1n) is 6.03.